The van der Waals surface area contributed by atoms with Crippen molar-refractivity contribution in [3.05, 3.63) is 30.1 Å². The molecule has 108 valence electrons. The van der Waals surface area contributed by atoms with Gasteiger partial charge in [0.1, 0.15) is 5.82 Å². The van der Waals surface area contributed by atoms with Crippen LogP contribution in [0.4, 0.5) is 10.1 Å². The largest absolute Gasteiger partial charge is 0.333 e. The molecule has 1 N–H and O–H groups in total. The van der Waals surface area contributed by atoms with Crippen molar-refractivity contribution in [3.8, 4) is 0 Å². The molecule has 0 saturated carbocycles. The zero-order valence-electron chi connectivity index (χ0n) is 11.4. The van der Waals surface area contributed by atoms with Crippen LogP contribution in [0.15, 0.2) is 24.3 Å². The van der Waals surface area contributed by atoms with E-state index in [-0.39, 0.29) is 5.69 Å². The fraction of sp³-hybridized carbons (Fsp3) is 0.429. The van der Waals surface area contributed by atoms with Crippen LogP contribution in [0.1, 0.15) is 6.42 Å². The summed E-state index contributed by atoms with van der Waals surface area (Å²) in [5.41, 5.74) is 0.110. The third-order valence-electron chi connectivity index (χ3n) is 3.33. The molecule has 0 spiro atoms. The van der Waals surface area contributed by atoms with Crippen molar-refractivity contribution in [2.45, 2.75) is 6.42 Å². The Labute approximate surface area is 117 Å². The number of benzene rings is 1. The van der Waals surface area contributed by atoms with Gasteiger partial charge in [0.2, 0.25) is 0 Å². The highest BCUT2D eigenvalue weighted by molar-refractivity contribution is 6.40. The molecule has 2 rings (SSSR count). The molecule has 0 unspecified atom stereocenters. The smallest absolute Gasteiger partial charge is 0.316 e. The van der Waals surface area contributed by atoms with Crippen LogP contribution in [-0.2, 0) is 9.59 Å². The average Bonchev–Trinajstić information content (AvgIpc) is 2.74. The number of hydrogen-bond acceptors (Lipinski definition) is 3. The van der Waals surface area contributed by atoms with Crippen LogP contribution in [0, 0.1) is 5.82 Å². The molecule has 1 fully saturated rings. The van der Waals surface area contributed by atoms with Crippen LogP contribution in [0.2, 0.25) is 0 Å². The fourth-order valence-corrected chi connectivity index (χ4v) is 2.16. The van der Waals surface area contributed by atoms with Crippen LogP contribution < -0.4 is 10.2 Å². The molecule has 1 heterocycles. The highest BCUT2D eigenvalue weighted by atomic mass is 19.1. The molecule has 0 bridgehead atoms. The predicted octanol–water partition coefficient (Wildman–Crippen LogP) is 0.610. The van der Waals surface area contributed by atoms with E-state index in [1.807, 2.05) is 0 Å². The first-order chi connectivity index (χ1) is 9.61. The number of hydrogen-bond donors (Lipinski definition) is 1. The maximum absolute atomic E-state index is 13.6. The molecular formula is C14H18FN3O2. The Balaban J connectivity index is 2.10. The Morgan fingerprint density at radius 2 is 2.00 bits per heavy atom. The molecule has 1 aliphatic rings. The first-order valence-electron chi connectivity index (χ1n) is 6.63. The number of nitrogens with one attached hydrogen (secondary N) is 1. The highest BCUT2D eigenvalue weighted by Crippen LogP contribution is 2.17. The minimum Gasteiger partial charge on any atom is -0.333 e. The summed E-state index contributed by atoms with van der Waals surface area (Å²) < 4.78 is 13.6. The maximum atomic E-state index is 13.6. The van der Waals surface area contributed by atoms with Gasteiger partial charge in [-0.2, -0.15) is 0 Å². The number of likely N-dealkylation sites (N-methyl/N-ethyl adjacent to an activating group) is 1. The number of para-hydroxylation sites is 1. The summed E-state index contributed by atoms with van der Waals surface area (Å²) >= 11 is 0. The third-order valence-corrected chi connectivity index (χ3v) is 3.33. The average molecular weight is 279 g/mol. The van der Waals surface area contributed by atoms with Crippen molar-refractivity contribution >= 4 is 17.5 Å². The lowest BCUT2D eigenvalue weighted by atomic mass is 10.2. The van der Waals surface area contributed by atoms with Crippen molar-refractivity contribution < 1.29 is 14.0 Å². The lowest BCUT2D eigenvalue weighted by Crippen LogP contribution is -2.45. The zero-order valence-corrected chi connectivity index (χ0v) is 11.4. The second kappa shape index (κ2) is 6.47. The van der Waals surface area contributed by atoms with Crippen LogP contribution in [0.25, 0.3) is 0 Å². The molecular weight excluding hydrogens is 261 g/mol. The number of nitrogens with zero attached hydrogens (tertiary/aromatic N) is 2. The molecule has 1 aliphatic heterocycles. The second-order valence-electron chi connectivity index (χ2n) is 4.71. The standard InChI is InChI=1S/C14H18FN3O2/c1-17(12-6-3-2-5-11(12)15)13(19)14(20)18-9-4-7-16-8-10-18/h2-3,5-6,16H,4,7-10H2,1H3. The number of carbonyl (C=O) groups excluding carboxylic acids is 2. The van der Waals surface area contributed by atoms with Crippen molar-refractivity contribution in [1.29, 1.82) is 0 Å². The first-order valence-corrected chi connectivity index (χ1v) is 6.63. The van der Waals surface area contributed by atoms with E-state index in [2.05, 4.69) is 5.32 Å². The van der Waals surface area contributed by atoms with Gasteiger partial charge >= 0.3 is 11.8 Å². The number of amides is 2. The molecule has 0 aromatic heterocycles. The Hall–Kier alpha value is -1.95. The van der Waals surface area contributed by atoms with E-state index in [9.17, 15) is 14.0 Å². The summed E-state index contributed by atoms with van der Waals surface area (Å²) in [5.74, 6) is -1.81. The number of halogens is 1. The van der Waals surface area contributed by atoms with Gasteiger partial charge < -0.3 is 15.1 Å². The number of anilines is 1. The predicted molar refractivity (Wildman–Crippen MR) is 73.9 cm³/mol. The lowest BCUT2D eigenvalue weighted by molar-refractivity contribution is -0.144. The Morgan fingerprint density at radius 1 is 1.25 bits per heavy atom. The van der Waals surface area contributed by atoms with Gasteiger partial charge in [0, 0.05) is 26.7 Å². The molecule has 1 aromatic rings. The lowest BCUT2D eigenvalue weighted by Gasteiger charge is -2.23. The maximum Gasteiger partial charge on any atom is 0.316 e. The third kappa shape index (κ3) is 3.14. The minimum atomic E-state index is -0.711. The topological polar surface area (TPSA) is 52.7 Å². The molecule has 5 nitrogen and oxygen atoms in total. The number of carbonyl (C=O) groups is 2. The van der Waals surface area contributed by atoms with Crippen LogP contribution >= 0.6 is 0 Å². The quantitative estimate of drug-likeness (QED) is 0.766. The summed E-state index contributed by atoms with van der Waals surface area (Å²) in [5, 5.41) is 3.16. The second-order valence-corrected chi connectivity index (χ2v) is 4.71. The molecule has 0 atom stereocenters. The van der Waals surface area contributed by atoms with E-state index in [1.54, 1.807) is 12.1 Å². The van der Waals surface area contributed by atoms with Gasteiger partial charge in [-0.1, -0.05) is 12.1 Å². The summed E-state index contributed by atoms with van der Waals surface area (Å²) in [6.07, 6.45) is 0.808. The number of rotatable bonds is 1. The molecule has 20 heavy (non-hydrogen) atoms. The minimum absolute atomic E-state index is 0.110. The molecule has 2 amide bonds. The van der Waals surface area contributed by atoms with E-state index in [0.29, 0.717) is 19.6 Å². The Kier molecular flexibility index (Phi) is 4.68. The molecule has 0 radical (unpaired) electrons. The molecule has 6 heteroatoms. The van der Waals surface area contributed by atoms with Crippen molar-refractivity contribution in [1.82, 2.24) is 10.2 Å². The van der Waals surface area contributed by atoms with Crippen molar-refractivity contribution in [2.75, 3.05) is 38.1 Å². The van der Waals surface area contributed by atoms with E-state index < -0.39 is 17.6 Å². The first kappa shape index (κ1) is 14.5. The van der Waals surface area contributed by atoms with Gasteiger partial charge in [-0.15, -0.1) is 0 Å². The summed E-state index contributed by atoms with van der Waals surface area (Å²) in [4.78, 5) is 26.9. The SMILES string of the molecule is CN(C(=O)C(=O)N1CCCNCC1)c1ccccc1F. The van der Waals surface area contributed by atoms with Gasteiger partial charge in [-0.05, 0) is 25.1 Å². The van der Waals surface area contributed by atoms with E-state index in [1.165, 1.54) is 24.1 Å². The summed E-state index contributed by atoms with van der Waals surface area (Å²) in [6, 6.07) is 5.91. The molecule has 1 saturated heterocycles. The van der Waals surface area contributed by atoms with Crippen LogP contribution in [-0.4, -0.2) is 49.9 Å². The molecule has 1 aromatic carbocycles. The van der Waals surface area contributed by atoms with E-state index in [4.69, 9.17) is 0 Å². The van der Waals surface area contributed by atoms with Crippen molar-refractivity contribution in [2.24, 2.45) is 0 Å². The monoisotopic (exact) mass is 279 g/mol. The van der Waals surface area contributed by atoms with E-state index >= 15 is 0 Å². The Morgan fingerprint density at radius 3 is 2.75 bits per heavy atom. The Bertz CT molecular complexity index is 499. The zero-order chi connectivity index (χ0) is 14.5. The summed E-state index contributed by atoms with van der Waals surface area (Å²) in [6.45, 7) is 2.54. The van der Waals surface area contributed by atoms with Crippen LogP contribution in [0.3, 0.4) is 0 Å². The summed E-state index contributed by atoms with van der Waals surface area (Å²) in [7, 11) is 1.41. The highest BCUT2D eigenvalue weighted by Gasteiger charge is 2.27. The van der Waals surface area contributed by atoms with Gasteiger partial charge in [0.15, 0.2) is 0 Å². The van der Waals surface area contributed by atoms with E-state index in [0.717, 1.165) is 17.9 Å². The van der Waals surface area contributed by atoms with Gasteiger partial charge in [0.05, 0.1) is 5.69 Å². The van der Waals surface area contributed by atoms with Crippen molar-refractivity contribution in [3.63, 3.8) is 0 Å². The fourth-order valence-electron chi connectivity index (χ4n) is 2.16. The van der Waals surface area contributed by atoms with Gasteiger partial charge in [0.25, 0.3) is 0 Å². The normalized spacial score (nSPS) is 15.6. The molecule has 0 aliphatic carbocycles. The van der Waals surface area contributed by atoms with Gasteiger partial charge in [-0.25, -0.2) is 4.39 Å². The van der Waals surface area contributed by atoms with Gasteiger partial charge in [-0.3, -0.25) is 9.59 Å². The van der Waals surface area contributed by atoms with Crippen LogP contribution in [0.5, 0.6) is 0 Å².